The Kier molecular flexibility index (Phi) is 5.22. The number of likely N-dealkylation sites (N-methyl/N-ethyl adjacent to an activating group) is 1. The van der Waals surface area contributed by atoms with Gasteiger partial charge in [0.25, 0.3) is 0 Å². The summed E-state index contributed by atoms with van der Waals surface area (Å²) in [4.78, 5) is 13.5. The molecule has 3 unspecified atom stereocenters. The van der Waals surface area contributed by atoms with E-state index in [9.17, 15) is 9.90 Å². The van der Waals surface area contributed by atoms with Crippen molar-refractivity contribution in [2.45, 2.75) is 57.7 Å². The Hall–Kier alpha value is -0.610. The number of hydrogen-bond donors (Lipinski definition) is 1. The highest BCUT2D eigenvalue weighted by molar-refractivity contribution is 5.77. The Morgan fingerprint density at radius 3 is 2.74 bits per heavy atom. The molecular formula is C15H27NO3. The van der Waals surface area contributed by atoms with Crippen LogP contribution in [0, 0.1) is 11.8 Å². The molecule has 0 aromatic carbocycles. The average Bonchev–Trinajstić information content (AvgIpc) is 3.20. The fraction of sp³-hybridized carbons (Fsp3) is 0.933. The topological polar surface area (TPSA) is 49.8 Å². The van der Waals surface area contributed by atoms with Crippen molar-refractivity contribution >= 4 is 5.91 Å². The maximum absolute atomic E-state index is 11.9. The molecule has 4 nitrogen and oxygen atoms in total. The van der Waals surface area contributed by atoms with Gasteiger partial charge in [0.05, 0.1) is 12.2 Å². The molecule has 2 aliphatic carbocycles. The van der Waals surface area contributed by atoms with E-state index in [0.29, 0.717) is 18.4 Å². The van der Waals surface area contributed by atoms with Crippen molar-refractivity contribution in [2.24, 2.45) is 11.8 Å². The Morgan fingerprint density at radius 1 is 1.37 bits per heavy atom. The lowest BCUT2D eigenvalue weighted by Crippen LogP contribution is -2.38. The van der Waals surface area contributed by atoms with Gasteiger partial charge in [0, 0.05) is 13.6 Å². The maximum Gasteiger partial charge on any atom is 0.248 e. The number of hydrogen-bond acceptors (Lipinski definition) is 3. The van der Waals surface area contributed by atoms with Crippen LogP contribution in [0.2, 0.25) is 0 Å². The summed E-state index contributed by atoms with van der Waals surface area (Å²) in [5, 5.41) is 9.83. The second kappa shape index (κ2) is 6.71. The average molecular weight is 269 g/mol. The third kappa shape index (κ3) is 4.77. The predicted octanol–water partition coefficient (Wildman–Crippen LogP) is 1.81. The highest BCUT2D eigenvalue weighted by Gasteiger charge is 2.31. The SMILES string of the molecule is CC1CCCC(OCC(=O)N(C)CC(O)C2CC2)C1. The van der Waals surface area contributed by atoms with E-state index in [1.54, 1.807) is 11.9 Å². The van der Waals surface area contributed by atoms with E-state index in [1.165, 1.54) is 12.8 Å². The van der Waals surface area contributed by atoms with Crippen molar-refractivity contribution in [1.29, 1.82) is 0 Å². The summed E-state index contributed by atoms with van der Waals surface area (Å²) >= 11 is 0. The summed E-state index contributed by atoms with van der Waals surface area (Å²) in [7, 11) is 1.75. The van der Waals surface area contributed by atoms with Gasteiger partial charge in [-0.15, -0.1) is 0 Å². The van der Waals surface area contributed by atoms with Crippen molar-refractivity contribution < 1.29 is 14.6 Å². The molecule has 2 saturated carbocycles. The van der Waals surface area contributed by atoms with Crippen LogP contribution in [0.3, 0.4) is 0 Å². The van der Waals surface area contributed by atoms with Crippen LogP contribution < -0.4 is 0 Å². The van der Waals surface area contributed by atoms with Gasteiger partial charge in [-0.25, -0.2) is 0 Å². The molecule has 0 aromatic rings. The minimum atomic E-state index is -0.358. The zero-order valence-electron chi connectivity index (χ0n) is 12.2. The molecule has 0 spiro atoms. The fourth-order valence-corrected chi connectivity index (χ4v) is 2.84. The van der Waals surface area contributed by atoms with Crippen LogP contribution in [-0.2, 0) is 9.53 Å². The monoisotopic (exact) mass is 269 g/mol. The summed E-state index contributed by atoms with van der Waals surface area (Å²) in [5.74, 6) is 1.11. The smallest absolute Gasteiger partial charge is 0.248 e. The van der Waals surface area contributed by atoms with Gasteiger partial charge in [-0.2, -0.15) is 0 Å². The first-order valence-corrected chi connectivity index (χ1v) is 7.60. The first kappa shape index (κ1) is 14.8. The third-order valence-corrected chi connectivity index (χ3v) is 4.38. The van der Waals surface area contributed by atoms with E-state index in [2.05, 4.69) is 6.92 Å². The van der Waals surface area contributed by atoms with Crippen LogP contribution in [0.4, 0.5) is 0 Å². The number of ether oxygens (including phenoxy) is 1. The molecule has 0 bridgehead atoms. The molecule has 0 heterocycles. The van der Waals surface area contributed by atoms with Gasteiger partial charge in [-0.1, -0.05) is 19.8 Å². The molecule has 19 heavy (non-hydrogen) atoms. The summed E-state index contributed by atoms with van der Waals surface area (Å²) < 4.78 is 5.72. The van der Waals surface area contributed by atoms with Crippen LogP contribution in [0.1, 0.15) is 45.4 Å². The first-order valence-electron chi connectivity index (χ1n) is 7.60. The lowest BCUT2D eigenvalue weighted by atomic mass is 9.89. The highest BCUT2D eigenvalue weighted by Crippen LogP contribution is 2.32. The lowest BCUT2D eigenvalue weighted by molar-refractivity contribution is -0.139. The fourth-order valence-electron chi connectivity index (χ4n) is 2.84. The molecule has 0 aliphatic heterocycles. The molecule has 4 heteroatoms. The largest absolute Gasteiger partial charge is 0.391 e. The van der Waals surface area contributed by atoms with Crippen molar-refractivity contribution in [2.75, 3.05) is 20.2 Å². The molecule has 2 fully saturated rings. The Labute approximate surface area is 116 Å². The minimum Gasteiger partial charge on any atom is -0.391 e. The number of nitrogens with zero attached hydrogens (tertiary/aromatic N) is 1. The summed E-state index contributed by atoms with van der Waals surface area (Å²) in [6.07, 6.45) is 6.71. The van der Waals surface area contributed by atoms with E-state index >= 15 is 0 Å². The Morgan fingerprint density at radius 2 is 2.11 bits per heavy atom. The van der Waals surface area contributed by atoms with Gasteiger partial charge < -0.3 is 14.7 Å². The maximum atomic E-state index is 11.9. The van der Waals surface area contributed by atoms with Gasteiger partial charge in [0.2, 0.25) is 5.91 Å². The molecule has 1 N–H and O–H groups in total. The molecule has 0 radical (unpaired) electrons. The van der Waals surface area contributed by atoms with Gasteiger partial charge in [0.1, 0.15) is 6.61 Å². The van der Waals surface area contributed by atoms with Crippen molar-refractivity contribution in [3.63, 3.8) is 0 Å². The molecule has 0 saturated heterocycles. The summed E-state index contributed by atoms with van der Waals surface area (Å²) in [6, 6.07) is 0. The number of amides is 1. The highest BCUT2D eigenvalue weighted by atomic mass is 16.5. The number of aliphatic hydroxyl groups is 1. The zero-order valence-corrected chi connectivity index (χ0v) is 12.2. The lowest BCUT2D eigenvalue weighted by Gasteiger charge is -2.27. The second-order valence-electron chi connectivity index (χ2n) is 6.38. The predicted molar refractivity (Wildman–Crippen MR) is 73.7 cm³/mol. The van der Waals surface area contributed by atoms with E-state index in [-0.39, 0.29) is 24.7 Å². The van der Waals surface area contributed by atoms with E-state index in [1.807, 2.05) is 0 Å². The van der Waals surface area contributed by atoms with Gasteiger partial charge in [0.15, 0.2) is 0 Å². The molecule has 1 amide bonds. The summed E-state index contributed by atoms with van der Waals surface area (Å²) in [6.45, 7) is 2.84. The van der Waals surface area contributed by atoms with Gasteiger partial charge in [-0.3, -0.25) is 4.79 Å². The third-order valence-electron chi connectivity index (χ3n) is 4.38. The van der Waals surface area contributed by atoms with Crippen molar-refractivity contribution in [3.05, 3.63) is 0 Å². The van der Waals surface area contributed by atoms with Crippen molar-refractivity contribution in [1.82, 2.24) is 4.90 Å². The van der Waals surface area contributed by atoms with Crippen LogP contribution in [0.25, 0.3) is 0 Å². The molecule has 2 rings (SSSR count). The minimum absolute atomic E-state index is 0.0158. The molecular weight excluding hydrogens is 242 g/mol. The van der Waals surface area contributed by atoms with E-state index in [4.69, 9.17) is 4.74 Å². The van der Waals surface area contributed by atoms with Crippen molar-refractivity contribution in [3.8, 4) is 0 Å². The Balaban J connectivity index is 1.65. The zero-order chi connectivity index (χ0) is 13.8. The quantitative estimate of drug-likeness (QED) is 0.800. The Bertz CT molecular complexity index is 304. The van der Waals surface area contributed by atoms with Gasteiger partial charge in [-0.05, 0) is 37.5 Å². The van der Waals surface area contributed by atoms with Crippen LogP contribution in [0.5, 0.6) is 0 Å². The summed E-state index contributed by atoms with van der Waals surface area (Å²) in [5.41, 5.74) is 0. The normalized spacial score (nSPS) is 29.0. The van der Waals surface area contributed by atoms with Crippen LogP contribution >= 0.6 is 0 Å². The van der Waals surface area contributed by atoms with Crippen LogP contribution in [-0.4, -0.2) is 48.3 Å². The molecule has 3 atom stereocenters. The molecule has 0 aromatic heterocycles. The standard InChI is InChI=1S/C15H27NO3/c1-11-4-3-5-13(8-11)19-10-15(18)16(2)9-14(17)12-6-7-12/h11-14,17H,3-10H2,1-2H3. The molecule has 110 valence electrons. The molecule has 2 aliphatic rings. The number of carbonyl (C=O) groups is 1. The van der Waals surface area contributed by atoms with Gasteiger partial charge >= 0.3 is 0 Å². The van der Waals surface area contributed by atoms with Crippen LogP contribution in [0.15, 0.2) is 0 Å². The second-order valence-corrected chi connectivity index (χ2v) is 6.38. The number of carbonyl (C=O) groups excluding carboxylic acids is 1. The van der Waals surface area contributed by atoms with E-state index < -0.39 is 0 Å². The first-order chi connectivity index (χ1) is 9.06. The number of rotatable bonds is 6. The van der Waals surface area contributed by atoms with E-state index in [0.717, 1.165) is 25.7 Å². The number of aliphatic hydroxyl groups excluding tert-OH is 1.